The molecule has 0 amide bonds. The number of carbonyl (C=O) groups is 2. The van der Waals surface area contributed by atoms with Crippen LogP contribution in [-0.4, -0.2) is 69.3 Å². The molecule has 9 heteroatoms. The predicted molar refractivity (Wildman–Crippen MR) is 73.8 cm³/mol. The molecule has 0 aliphatic carbocycles. The molecule has 0 N–H and O–H groups in total. The number of ether oxygens (including phenoxy) is 6. The smallest absolute Gasteiger partial charge is 0.478 e. The first-order chi connectivity index (χ1) is 11.0. The number of hydrogen-bond acceptors (Lipinski definition) is 9. The van der Waals surface area contributed by atoms with E-state index < -0.39 is 42.6 Å². The molecule has 5 atom stereocenters. The molecule has 0 saturated carbocycles. The molecule has 1 saturated heterocycles. The Kier molecular flexibility index (Phi) is 4.12. The molecule has 3 aliphatic rings. The van der Waals surface area contributed by atoms with E-state index in [1.54, 1.807) is 6.92 Å². The summed E-state index contributed by atoms with van der Waals surface area (Å²) in [7, 11) is 2.71. The van der Waals surface area contributed by atoms with Crippen molar-refractivity contribution in [1.82, 2.24) is 0 Å². The zero-order chi connectivity index (χ0) is 16.6. The van der Waals surface area contributed by atoms with Gasteiger partial charge < -0.3 is 28.4 Å². The molecule has 0 radical (unpaired) electrons. The molecule has 0 aromatic carbocycles. The molecular weight excluding hydrogens is 310 g/mol. The van der Waals surface area contributed by atoms with Gasteiger partial charge >= 0.3 is 12.1 Å². The van der Waals surface area contributed by atoms with Gasteiger partial charge in [0.25, 0.3) is 0 Å². The molecule has 0 bridgehead atoms. The zero-order valence-electron chi connectivity index (χ0n) is 12.9. The van der Waals surface area contributed by atoms with Crippen LogP contribution in [0.2, 0.25) is 0 Å². The second-order valence-corrected chi connectivity index (χ2v) is 5.24. The first-order valence-electron chi connectivity index (χ1n) is 7.07. The van der Waals surface area contributed by atoms with Crippen molar-refractivity contribution in [2.24, 2.45) is 4.99 Å². The highest BCUT2D eigenvalue weighted by molar-refractivity contribution is 5.87. The lowest BCUT2D eigenvalue weighted by Crippen LogP contribution is -2.52. The number of fused-ring (bicyclic) bond motifs is 1. The maximum atomic E-state index is 11.8. The minimum absolute atomic E-state index is 0.0101. The Morgan fingerprint density at radius 2 is 2.13 bits per heavy atom. The Hall–Kier alpha value is -2.29. The Labute approximate surface area is 132 Å². The SMILES string of the molecule is COC(=O)C1=C[C@H]2OC(C)=N[C@@H]2[C@H]([C@H](OC)[C@H]2COC(=O)O2)O1. The molecule has 0 aromatic heterocycles. The normalized spacial score (nSPS) is 33.3. The number of hydrogen-bond donors (Lipinski definition) is 0. The summed E-state index contributed by atoms with van der Waals surface area (Å²) >= 11 is 0. The fraction of sp³-hybridized carbons (Fsp3) is 0.643. The van der Waals surface area contributed by atoms with Crippen LogP contribution in [-0.2, 0) is 33.2 Å². The minimum Gasteiger partial charge on any atom is -0.478 e. The van der Waals surface area contributed by atoms with E-state index in [9.17, 15) is 9.59 Å². The van der Waals surface area contributed by atoms with Crippen LogP contribution in [0.25, 0.3) is 0 Å². The van der Waals surface area contributed by atoms with Crippen LogP contribution in [0.1, 0.15) is 6.92 Å². The molecule has 3 aliphatic heterocycles. The van der Waals surface area contributed by atoms with E-state index in [1.165, 1.54) is 20.3 Å². The average Bonchev–Trinajstić information content (AvgIpc) is 3.12. The highest BCUT2D eigenvalue weighted by Crippen LogP contribution is 2.32. The largest absolute Gasteiger partial charge is 0.508 e. The first-order valence-corrected chi connectivity index (χ1v) is 7.07. The molecule has 0 unspecified atom stereocenters. The number of cyclic esters (lactones) is 2. The standard InChI is InChI=1S/C14H17NO8/c1-6-15-10-7(21-6)4-8(13(16)19-3)22-12(10)11(18-2)9-5-20-14(17)23-9/h4,7,9-12H,5H2,1-3H3/t7-,9-,10+,11-,12-/m1/s1. The van der Waals surface area contributed by atoms with Crippen molar-refractivity contribution in [2.75, 3.05) is 20.8 Å². The fourth-order valence-corrected chi connectivity index (χ4v) is 2.86. The number of aliphatic imine (C=N–C) groups is 1. The zero-order valence-corrected chi connectivity index (χ0v) is 12.9. The van der Waals surface area contributed by atoms with E-state index in [-0.39, 0.29) is 12.4 Å². The van der Waals surface area contributed by atoms with Crippen LogP contribution in [0.3, 0.4) is 0 Å². The third-order valence-corrected chi connectivity index (χ3v) is 3.85. The summed E-state index contributed by atoms with van der Waals surface area (Å²) < 4.78 is 31.3. The van der Waals surface area contributed by atoms with Gasteiger partial charge in [-0.25, -0.2) is 14.6 Å². The lowest BCUT2D eigenvalue weighted by Gasteiger charge is -2.35. The second-order valence-electron chi connectivity index (χ2n) is 5.24. The molecular formula is C14H17NO8. The van der Waals surface area contributed by atoms with Crippen LogP contribution in [0, 0.1) is 0 Å². The molecule has 3 rings (SSSR count). The summed E-state index contributed by atoms with van der Waals surface area (Å²) in [5, 5.41) is 0. The second kappa shape index (κ2) is 6.07. The maximum absolute atomic E-state index is 11.8. The van der Waals surface area contributed by atoms with Gasteiger partial charge in [-0.1, -0.05) is 0 Å². The van der Waals surface area contributed by atoms with E-state index in [0.29, 0.717) is 5.90 Å². The van der Waals surface area contributed by atoms with E-state index in [1.807, 2.05) is 0 Å². The van der Waals surface area contributed by atoms with Crippen molar-refractivity contribution in [3.8, 4) is 0 Å². The van der Waals surface area contributed by atoms with Crippen LogP contribution >= 0.6 is 0 Å². The fourth-order valence-electron chi connectivity index (χ4n) is 2.86. The number of esters is 1. The van der Waals surface area contributed by atoms with E-state index in [4.69, 9.17) is 28.4 Å². The lowest BCUT2D eigenvalue weighted by molar-refractivity contribution is -0.148. The molecule has 9 nitrogen and oxygen atoms in total. The molecule has 1 fully saturated rings. The van der Waals surface area contributed by atoms with Crippen molar-refractivity contribution < 1.29 is 38.0 Å². The Balaban J connectivity index is 1.87. The van der Waals surface area contributed by atoms with Gasteiger partial charge in [-0.3, -0.25) is 0 Å². The van der Waals surface area contributed by atoms with Crippen molar-refractivity contribution in [3.05, 3.63) is 11.8 Å². The molecule has 23 heavy (non-hydrogen) atoms. The van der Waals surface area contributed by atoms with E-state index in [0.717, 1.165) is 0 Å². The number of rotatable bonds is 4. The average molecular weight is 327 g/mol. The number of nitrogens with zero attached hydrogens (tertiary/aromatic N) is 1. The van der Waals surface area contributed by atoms with Crippen molar-refractivity contribution in [2.45, 2.75) is 37.4 Å². The van der Waals surface area contributed by atoms with Gasteiger partial charge in [0.1, 0.15) is 24.9 Å². The minimum atomic E-state index is -0.768. The van der Waals surface area contributed by atoms with E-state index >= 15 is 0 Å². The van der Waals surface area contributed by atoms with Crippen molar-refractivity contribution in [1.29, 1.82) is 0 Å². The van der Waals surface area contributed by atoms with Gasteiger partial charge in [-0.2, -0.15) is 0 Å². The Morgan fingerprint density at radius 1 is 1.35 bits per heavy atom. The third-order valence-electron chi connectivity index (χ3n) is 3.85. The van der Waals surface area contributed by atoms with Crippen LogP contribution in [0.15, 0.2) is 16.8 Å². The highest BCUT2D eigenvalue weighted by atomic mass is 16.8. The summed E-state index contributed by atoms with van der Waals surface area (Å²) in [5.74, 6) is -0.141. The summed E-state index contributed by atoms with van der Waals surface area (Å²) in [5.41, 5.74) is 0. The first kappa shape index (κ1) is 15.6. The Morgan fingerprint density at radius 3 is 2.74 bits per heavy atom. The quantitative estimate of drug-likeness (QED) is 0.674. The third kappa shape index (κ3) is 2.83. The topological polar surface area (TPSA) is 102 Å². The summed E-state index contributed by atoms with van der Waals surface area (Å²) in [6.07, 6.45) is -1.75. The lowest BCUT2D eigenvalue weighted by atomic mass is 9.94. The highest BCUT2D eigenvalue weighted by Gasteiger charge is 2.50. The van der Waals surface area contributed by atoms with Gasteiger partial charge in [-0.15, -0.1) is 0 Å². The Bertz CT molecular complexity index is 571. The number of methoxy groups -OCH3 is 2. The van der Waals surface area contributed by atoms with Gasteiger partial charge in [0.05, 0.1) is 7.11 Å². The van der Waals surface area contributed by atoms with E-state index in [2.05, 4.69) is 4.99 Å². The molecule has 0 spiro atoms. The van der Waals surface area contributed by atoms with Crippen LogP contribution in [0.4, 0.5) is 4.79 Å². The van der Waals surface area contributed by atoms with Gasteiger partial charge in [0.15, 0.2) is 18.1 Å². The summed E-state index contributed by atoms with van der Waals surface area (Å²) in [4.78, 5) is 27.4. The van der Waals surface area contributed by atoms with Gasteiger partial charge in [0, 0.05) is 20.1 Å². The maximum Gasteiger partial charge on any atom is 0.508 e. The predicted octanol–water partition coefficient (Wildman–Crippen LogP) is 0.178. The molecule has 3 heterocycles. The van der Waals surface area contributed by atoms with Crippen LogP contribution < -0.4 is 0 Å². The van der Waals surface area contributed by atoms with Gasteiger partial charge in [-0.05, 0) is 0 Å². The van der Waals surface area contributed by atoms with Gasteiger partial charge in [0.2, 0.25) is 5.76 Å². The van der Waals surface area contributed by atoms with Crippen molar-refractivity contribution in [3.63, 3.8) is 0 Å². The number of carbonyl (C=O) groups excluding carboxylic acids is 2. The molecule has 0 aromatic rings. The molecule has 126 valence electrons. The summed E-state index contributed by atoms with van der Waals surface area (Å²) in [6.45, 7) is 1.75. The van der Waals surface area contributed by atoms with Crippen LogP contribution in [0.5, 0.6) is 0 Å². The summed E-state index contributed by atoms with van der Waals surface area (Å²) in [6, 6.07) is -0.423. The van der Waals surface area contributed by atoms with Crippen molar-refractivity contribution >= 4 is 18.0 Å². The monoisotopic (exact) mass is 327 g/mol.